The lowest BCUT2D eigenvalue weighted by atomic mass is 9.66. The first-order chi connectivity index (χ1) is 19.0. The van der Waals surface area contributed by atoms with Crippen LogP contribution in [0.25, 0.3) is 0 Å². The van der Waals surface area contributed by atoms with E-state index >= 15 is 0 Å². The van der Waals surface area contributed by atoms with Gasteiger partial charge in [0.2, 0.25) is 0 Å². The zero-order chi connectivity index (χ0) is 27.2. The van der Waals surface area contributed by atoms with Crippen molar-refractivity contribution in [1.82, 2.24) is 0 Å². The highest BCUT2D eigenvalue weighted by atomic mass is 16.6. The second kappa shape index (κ2) is 12.1. The molecule has 0 N–H and O–H groups in total. The number of esters is 1. The summed E-state index contributed by atoms with van der Waals surface area (Å²) in [6.45, 7) is 4.64. The van der Waals surface area contributed by atoms with Crippen molar-refractivity contribution in [3.63, 3.8) is 0 Å². The second-order valence-electron chi connectivity index (χ2n) is 9.84. The molecule has 1 fully saturated rings. The molecule has 1 unspecified atom stereocenters. The van der Waals surface area contributed by atoms with Gasteiger partial charge in [-0.2, -0.15) is 0 Å². The zero-order valence-corrected chi connectivity index (χ0v) is 22.3. The minimum Gasteiger partial charge on any atom is -0.494 e. The summed E-state index contributed by atoms with van der Waals surface area (Å²) in [4.78, 5) is 32.1. The molecular weight excluding hydrogens is 490 g/mol. The van der Waals surface area contributed by atoms with Crippen molar-refractivity contribution in [3.05, 3.63) is 107 Å². The summed E-state index contributed by atoms with van der Waals surface area (Å²) in [5.74, 6) is 0.180. The topological polar surface area (TPSA) is 74.2 Å². The highest BCUT2D eigenvalue weighted by molar-refractivity contribution is 6.12. The largest absolute Gasteiger partial charge is 0.494 e. The van der Waals surface area contributed by atoms with Gasteiger partial charge in [0.1, 0.15) is 30.5 Å². The van der Waals surface area contributed by atoms with E-state index in [-0.39, 0.29) is 24.9 Å². The normalized spacial score (nSPS) is 20.6. The summed E-state index contributed by atoms with van der Waals surface area (Å²) >= 11 is 0. The van der Waals surface area contributed by atoms with Gasteiger partial charge in [-0.05, 0) is 61.6 Å². The summed E-state index contributed by atoms with van der Waals surface area (Å²) in [6.07, 6.45) is 1.09. The second-order valence-corrected chi connectivity index (χ2v) is 9.84. The molecule has 0 bridgehead atoms. The monoisotopic (exact) mass is 523 g/mol. The van der Waals surface area contributed by atoms with E-state index in [0.717, 1.165) is 22.6 Å². The molecule has 0 amide bonds. The summed E-state index contributed by atoms with van der Waals surface area (Å²) in [5.41, 5.74) is 3.86. The number of hydrogen-bond donors (Lipinski definition) is 0. The van der Waals surface area contributed by atoms with Crippen molar-refractivity contribution < 1.29 is 23.8 Å². The Bertz CT molecular complexity index is 1360. The fraction of sp³-hybridized carbons (Fsp3) is 0.303. The molecule has 3 atom stereocenters. The molecule has 200 valence electrons. The lowest BCUT2D eigenvalue weighted by Gasteiger charge is -2.38. The molecule has 1 saturated carbocycles. The lowest BCUT2D eigenvalue weighted by Crippen LogP contribution is -2.41. The Morgan fingerprint density at radius 1 is 0.795 bits per heavy atom. The number of benzene rings is 3. The Labute approximate surface area is 229 Å². The molecular formula is C33H33NO5. The minimum atomic E-state index is -0.505. The van der Waals surface area contributed by atoms with Gasteiger partial charge in [-0.3, -0.25) is 9.79 Å². The molecule has 0 spiro atoms. The molecule has 0 saturated heterocycles. The van der Waals surface area contributed by atoms with E-state index in [1.54, 1.807) is 0 Å². The molecule has 1 aliphatic carbocycles. The fourth-order valence-electron chi connectivity index (χ4n) is 5.59. The van der Waals surface area contributed by atoms with Crippen LogP contribution in [0, 0.1) is 5.92 Å². The van der Waals surface area contributed by atoms with Crippen molar-refractivity contribution in [2.24, 2.45) is 10.9 Å². The van der Waals surface area contributed by atoms with Crippen LogP contribution in [0.2, 0.25) is 0 Å². The Morgan fingerprint density at radius 2 is 1.46 bits per heavy atom. The van der Waals surface area contributed by atoms with Crippen molar-refractivity contribution in [2.45, 2.75) is 38.5 Å². The number of carbonyl (C=O) groups excluding carboxylic acids is 2. The maximum Gasteiger partial charge on any atom is 0.336 e. The van der Waals surface area contributed by atoms with Crippen molar-refractivity contribution >= 4 is 17.5 Å². The van der Waals surface area contributed by atoms with Crippen LogP contribution < -0.4 is 9.47 Å². The van der Waals surface area contributed by atoms with Crippen LogP contribution in [0.1, 0.15) is 49.7 Å². The van der Waals surface area contributed by atoms with Gasteiger partial charge in [-0.1, -0.05) is 60.7 Å². The average molecular weight is 524 g/mol. The predicted molar refractivity (Wildman–Crippen MR) is 150 cm³/mol. The number of ketones is 1. The van der Waals surface area contributed by atoms with Crippen LogP contribution >= 0.6 is 0 Å². The maximum absolute atomic E-state index is 13.8. The van der Waals surface area contributed by atoms with Crippen molar-refractivity contribution in [3.8, 4) is 11.5 Å². The molecule has 6 heteroatoms. The smallest absolute Gasteiger partial charge is 0.336 e. The summed E-state index contributed by atoms with van der Waals surface area (Å²) < 4.78 is 17.0. The van der Waals surface area contributed by atoms with Gasteiger partial charge in [0.25, 0.3) is 0 Å². The van der Waals surface area contributed by atoms with E-state index in [4.69, 9.17) is 19.2 Å². The van der Waals surface area contributed by atoms with Crippen LogP contribution in [0.15, 0.2) is 101 Å². The number of para-hydroxylation sites is 1. The summed E-state index contributed by atoms with van der Waals surface area (Å²) in [6, 6.07) is 27.1. The number of ether oxygens (including phenoxy) is 3. The van der Waals surface area contributed by atoms with Gasteiger partial charge in [0.15, 0.2) is 0 Å². The third-order valence-electron chi connectivity index (χ3n) is 7.32. The van der Waals surface area contributed by atoms with E-state index in [0.29, 0.717) is 36.5 Å². The highest BCUT2D eigenvalue weighted by Crippen LogP contribution is 2.46. The molecule has 5 rings (SSSR count). The number of Topliss-reactive ketones (excluding diaryl/α,β-unsaturated/α-hetero) is 1. The number of aliphatic imine (C=N–C) groups is 1. The summed E-state index contributed by atoms with van der Waals surface area (Å²) in [5, 5.41) is 0. The number of rotatable bonds is 9. The van der Waals surface area contributed by atoms with E-state index in [1.165, 1.54) is 0 Å². The number of fused-ring (bicyclic) bond motifs is 1. The first-order valence-corrected chi connectivity index (χ1v) is 13.5. The minimum absolute atomic E-state index is 0.0751. The molecule has 6 nitrogen and oxygen atoms in total. The fourth-order valence-corrected chi connectivity index (χ4v) is 5.59. The number of nitrogens with zero attached hydrogens (tertiary/aromatic N) is 1. The van der Waals surface area contributed by atoms with Gasteiger partial charge in [0, 0.05) is 23.7 Å². The summed E-state index contributed by atoms with van der Waals surface area (Å²) in [7, 11) is 0. The average Bonchev–Trinajstić information content (AvgIpc) is 2.96. The van der Waals surface area contributed by atoms with Crippen LogP contribution in [-0.2, 0) is 14.3 Å². The quantitative estimate of drug-likeness (QED) is 0.244. The number of hydrogen-bond acceptors (Lipinski definition) is 6. The zero-order valence-electron chi connectivity index (χ0n) is 22.3. The van der Waals surface area contributed by atoms with Crippen LogP contribution in [0.3, 0.4) is 0 Å². The Kier molecular flexibility index (Phi) is 8.21. The predicted octanol–water partition coefficient (Wildman–Crippen LogP) is 6.28. The third-order valence-corrected chi connectivity index (χ3v) is 7.32. The van der Waals surface area contributed by atoms with Crippen molar-refractivity contribution in [2.75, 3.05) is 19.8 Å². The molecule has 3 aromatic carbocycles. The molecule has 3 aromatic rings. The molecule has 2 aliphatic rings. The maximum atomic E-state index is 13.8. The van der Waals surface area contributed by atoms with E-state index < -0.39 is 17.8 Å². The Morgan fingerprint density at radius 3 is 2.15 bits per heavy atom. The third kappa shape index (κ3) is 5.95. The number of allylic oxidation sites excluding steroid dienone is 1. The van der Waals surface area contributed by atoms with E-state index in [2.05, 4.69) is 12.1 Å². The first-order valence-electron chi connectivity index (χ1n) is 13.5. The van der Waals surface area contributed by atoms with Gasteiger partial charge in [-0.25, -0.2) is 4.79 Å². The van der Waals surface area contributed by atoms with Crippen LogP contribution in [-0.4, -0.2) is 37.3 Å². The van der Waals surface area contributed by atoms with Gasteiger partial charge >= 0.3 is 5.97 Å². The molecule has 1 heterocycles. The molecule has 0 aromatic heterocycles. The molecule has 1 aliphatic heterocycles. The van der Waals surface area contributed by atoms with Crippen LogP contribution in [0.5, 0.6) is 11.5 Å². The van der Waals surface area contributed by atoms with E-state index in [9.17, 15) is 9.59 Å². The van der Waals surface area contributed by atoms with Crippen molar-refractivity contribution in [1.29, 1.82) is 0 Å². The molecule has 39 heavy (non-hydrogen) atoms. The van der Waals surface area contributed by atoms with Crippen LogP contribution in [0.4, 0.5) is 0 Å². The standard InChI is InChI=1S/C33H33NO5/c1-3-37-27-16-14-24(15-17-27)31-30(33(36)39-19-18-38-26-12-8-5-9-13-26)22(2)34-28-20-25(21-29(35)32(28)31)23-10-6-4-7-11-23/h4-17,25,31-32H,3,18-21H2,1-2H3/t25-,31-,32?/m1/s1. The lowest BCUT2D eigenvalue weighted by molar-refractivity contribution is -0.140. The Hall–Kier alpha value is -4.19. The Balaban J connectivity index is 1.42. The van der Waals surface area contributed by atoms with Gasteiger partial charge < -0.3 is 14.2 Å². The van der Waals surface area contributed by atoms with Gasteiger partial charge in [0.05, 0.1) is 18.1 Å². The number of carbonyl (C=O) groups is 2. The van der Waals surface area contributed by atoms with Gasteiger partial charge in [-0.15, -0.1) is 0 Å². The molecule has 0 radical (unpaired) electrons. The van der Waals surface area contributed by atoms with E-state index in [1.807, 2.05) is 86.6 Å². The first kappa shape index (κ1) is 26.4. The highest BCUT2D eigenvalue weighted by Gasteiger charge is 2.46. The SMILES string of the molecule is CCOc1ccc([C@@H]2C(C(=O)OCCOc3ccccc3)=C(C)N=C3C[C@@H](c4ccccc4)CC(=O)C32)cc1.